The minimum absolute atomic E-state index is 0.0536. The lowest BCUT2D eigenvalue weighted by atomic mass is 10.2. The minimum atomic E-state index is -0.436. The lowest BCUT2D eigenvalue weighted by Gasteiger charge is -2.09. The fraction of sp³-hybridized carbons (Fsp3) is 0.273. The van der Waals surface area contributed by atoms with E-state index in [4.69, 9.17) is 0 Å². The number of aromatic nitrogens is 2. The van der Waals surface area contributed by atoms with Crippen LogP contribution in [0.15, 0.2) is 23.0 Å². The standard InChI is InChI=1S/C11H12FN3O/c1-6(13-2)10-14-9-4-3-7(12)5-8(9)11(16)15-10/h3-6,13H,1-2H3,(H,14,15,16). The van der Waals surface area contributed by atoms with Crippen LogP contribution in [-0.2, 0) is 0 Å². The molecule has 1 aromatic carbocycles. The second-order valence-electron chi connectivity index (χ2n) is 3.62. The van der Waals surface area contributed by atoms with Crippen molar-refractivity contribution >= 4 is 10.9 Å². The summed E-state index contributed by atoms with van der Waals surface area (Å²) in [5.74, 6) is 0.112. The molecule has 2 rings (SSSR count). The Balaban J connectivity index is 2.69. The van der Waals surface area contributed by atoms with E-state index in [0.29, 0.717) is 11.3 Å². The van der Waals surface area contributed by atoms with E-state index < -0.39 is 5.82 Å². The average molecular weight is 221 g/mol. The van der Waals surface area contributed by atoms with Gasteiger partial charge in [-0.25, -0.2) is 9.37 Å². The van der Waals surface area contributed by atoms with Crippen molar-refractivity contribution in [3.05, 3.63) is 40.2 Å². The van der Waals surface area contributed by atoms with Gasteiger partial charge in [0.05, 0.1) is 16.9 Å². The fourth-order valence-electron chi connectivity index (χ4n) is 1.47. The molecule has 0 radical (unpaired) electrons. The smallest absolute Gasteiger partial charge is 0.258 e. The summed E-state index contributed by atoms with van der Waals surface area (Å²) in [6.07, 6.45) is 0. The molecule has 0 aliphatic rings. The van der Waals surface area contributed by atoms with Crippen LogP contribution in [0.4, 0.5) is 4.39 Å². The zero-order chi connectivity index (χ0) is 11.7. The molecule has 1 atom stereocenters. The van der Waals surface area contributed by atoms with E-state index in [-0.39, 0.29) is 17.0 Å². The molecule has 0 fully saturated rings. The van der Waals surface area contributed by atoms with Crippen LogP contribution in [0.2, 0.25) is 0 Å². The van der Waals surface area contributed by atoms with Crippen molar-refractivity contribution in [1.29, 1.82) is 0 Å². The highest BCUT2D eigenvalue weighted by atomic mass is 19.1. The summed E-state index contributed by atoms with van der Waals surface area (Å²) >= 11 is 0. The number of aromatic amines is 1. The molecular weight excluding hydrogens is 209 g/mol. The Bertz CT molecular complexity index is 579. The van der Waals surface area contributed by atoms with Gasteiger partial charge in [-0.05, 0) is 32.2 Å². The second-order valence-corrected chi connectivity index (χ2v) is 3.62. The molecule has 0 saturated carbocycles. The molecule has 0 amide bonds. The molecule has 84 valence electrons. The highest BCUT2D eigenvalue weighted by molar-refractivity contribution is 5.77. The maximum absolute atomic E-state index is 12.9. The highest BCUT2D eigenvalue weighted by Crippen LogP contribution is 2.11. The van der Waals surface area contributed by atoms with Crippen molar-refractivity contribution in [2.45, 2.75) is 13.0 Å². The van der Waals surface area contributed by atoms with Gasteiger partial charge in [-0.15, -0.1) is 0 Å². The Labute approximate surface area is 91.5 Å². The predicted octanol–water partition coefficient (Wildman–Crippen LogP) is 1.34. The first-order valence-electron chi connectivity index (χ1n) is 4.98. The first kappa shape index (κ1) is 10.8. The van der Waals surface area contributed by atoms with E-state index in [1.54, 1.807) is 7.05 Å². The van der Waals surface area contributed by atoms with Crippen LogP contribution in [0.1, 0.15) is 18.8 Å². The van der Waals surface area contributed by atoms with Gasteiger partial charge in [0.1, 0.15) is 11.6 Å². The SMILES string of the molecule is CNC(C)c1nc2ccc(F)cc2c(=O)[nH]1. The summed E-state index contributed by atoms with van der Waals surface area (Å²) in [7, 11) is 1.78. The molecule has 0 spiro atoms. The minimum Gasteiger partial charge on any atom is -0.311 e. The molecule has 1 heterocycles. The molecule has 5 heteroatoms. The van der Waals surface area contributed by atoms with Crippen LogP contribution in [0.5, 0.6) is 0 Å². The highest BCUT2D eigenvalue weighted by Gasteiger charge is 2.09. The third-order valence-corrected chi connectivity index (χ3v) is 2.53. The van der Waals surface area contributed by atoms with Crippen LogP contribution in [0.3, 0.4) is 0 Å². The monoisotopic (exact) mass is 221 g/mol. The van der Waals surface area contributed by atoms with Gasteiger partial charge in [-0.1, -0.05) is 0 Å². The Morgan fingerprint density at radius 2 is 2.25 bits per heavy atom. The number of benzene rings is 1. The number of H-pyrrole nitrogens is 1. The van der Waals surface area contributed by atoms with Gasteiger partial charge in [0.15, 0.2) is 0 Å². The number of halogens is 1. The zero-order valence-electron chi connectivity index (χ0n) is 9.04. The third kappa shape index (κ3) is 1.81. The molecule has 2 N–H and O–H groups in total. The van der Waals surface area contributed by atoms with Gasteiger partial charge in [0, 0.05) is 0 Å². The fourth-order valence-corrected chi connectivity index (χ4v) is 1.47. The lowest BCUT2D eigenvalue weighted by molar-refractivity contribution is 0.610. The summed E-state index contributed by atoms with van der Waals surface area (Å²) < 4.78 is 12.9. The van der Waals surface area contributed by atoms with E-state index in [1.165, 1.54) is 18.2 Å². The number of fused-ring (bicyclic) bond motifs is 1. The van der Waals surface area contributed by atoms with E-state index >= 15 is 0 Å². The molecule has 16 heavy (non-hydrogen) atoms. The van der Waals surface area contributed by atoms with Crippen molar-refractivity contribution in [2.24, 2.45) is 0 Å². The van der Waals surface area contributed by atoms with E-state index in [9.17, 15) is 9.18 Å². The number of nitrogens with zero attached hydrogens (tertiary/aromatic N) is 1. The van der Waals surface area contributed by atoms with Crippen LogP contribution in [-0.4, -0.2) is 17.0 Å². The largest absolute Gasteiger partial charge is 0.311 e. The second kappa shape index (κ2) is 4.02. The summed E-state index contributed by atoms with van der Waals surface area (Å²) in [5.41, 5.74) is 0.184. The zero-order valence-corrected chi connectivity index (χ0v) is 9.04. The molecule has 0 aliphatic heterocycles. The number of hydrogen-bond donors (Lipinski definition) is 2. The van der Waals surface area contributed by atoms with Crippen LogP contribution in [0, 0.1) is 5.82 Å². The quantitative estimate of drug-likeness (QED) is 0.804. The van der Waals surface area contributed by atoms with E-state index in [2.05, 4.69) is 15.3 Å². The molecule has 1 unspecified atom stereocenters. The third-order valence-electron chi connectivity index (χ3n) is 2.53. The van der Waals surface area contributed by atoms with Gasteiger partial charge in [-0.3, -0.25) is 4.79 Å². The lowest BCUT2D eigenvalue weighted by Crippen LogP contribution is -2.20. The summed E-state index contributed by atoms with van der Waals surface area (Å²) in [6.45, 7) is 1.88. The molecule has 4 nitrogen and oxygen atoms in total. The molecule has 0 aliphatic carbocycles. The van der Waals surface area contributed by atoms with E-state index in [0.717, 1.165) is 0 Å². The summed E-state index contributed by atoms with van der Waals surface area (Å²) in [5, 5.41) is 3.25. The van der Waals surface area contributed by atoms with Crippen molar-refractivity contribution in [1.82, 2.24) is 15.3 Å². The first-order valence-corrected chi connectivity index (χ1v) is 4.98. The Morgan fingerprint density at radius 1 is 1.50 bits per heavy atom. The van der Waals surface area contributed by atoms with Crippen molar-refractivity contribution in [2.75, 3.05) is 7.05 Å². The molecule has 0 bridgehead atoms. The molecule has 0 saturated heterocycles. The summed E-state index contributed by atoms with van der Waals surface area (Å²) in [6, 6.07) is 3.94. The van der Waals surface area contributed by atoms with Crippen LogP contribution in [0.25, 0.3) is 10.9 Å². The maximum atomic E-state index is 12.9. The normalized spacial score (nSPS) is 12.9. The molecule has 1 aromatic heterocycles. The maximum Gasteiger partial charge on any atom is 0.258 e. The van der Waals surface area contributed by atoms with Gasteiger partial charge >= 0.3 is 0 Å². The molecule has 2 aromatic rings. The van der Waals surface area contributed by atoms with Gasteiger partial charge in [0.2, 0.25) is 0 Å². The predicted molar refractivity (Wildman–Crippen MR) is 59.8 cm³/mol. The topological polar surface area (TPSA) is 57.8 Å². The number of hydrogen-bond acceptors (Lipinski definition) is 3. The number of rotatable bonds is 2. The van der Waals surface area contributed by atoms with Gasteiger partial charge in [0.25, 0.3) is 5.56 Å². The summed E-state index contributed by atoms with van der Waals surface area (Å²) in [4.78, 5) is 18.6. The van der Waals surface area contributed by atoms with Crippen molar-refractivity contribution in [3.63, 3.8) is 0 Å². The van der Waals surface area contributed by atoms with Crippen molar-refractivity contribution in [3.8, 4) is 0 Å². The van der Waals surface area contributed by atoms with Crippen LogP contribution < -0.4 is 10.9 Å². The van der Waals surface area contributed by atoms with Gasteiger partial charge < -0.3 is 10.3 Å². The van der Waals surface area contributed by atoms with Crippen molar-refractivity contribution < 1.29 is 4.39 Å². The van der Waals surface area contributed by atoms with Crippen LogP contribution >= 0.6 is 0 Å². The van der Waals surface area contributed by atoms with E-state index in [1.807, 2.05) is 6.92 Å². The Morgan fingerprint density at radius 3 is 2.94 bits per heavy atom. The molecular formula is C11H12FN3O. The van der Waals surface area contributed by atoms with Gasteiger partial charge in [-0.2, -0.15) is 0 Å². The Hall–Kier alpha value is -1.75. The average Bonchev–Trinajstić information content (AvgIpc) is 2.28. The first-order chi connectivity index (χ1) is 7.61. The Kier molecular flexibility index (Phi) is 2.70. The number of nitrogens with one attached hydrogen (secondary N) is 2.